The zero-order valence-corrected chi connectivity index (χ0v) is 8.10. The molecule has 78 valence electrons. The third-order valence-corrected chi connectivity index (χ3v) is 1.83. The molecule has 0 aliphatic carbocycles. The van der Waals surface area contributed by atoms with Crippen molar-refractivity contribution >= 4 is 11.9 Å². The largest absolute Gasteiger partial charge is 0.481 e. The minimum Gasteiger partial charge on any atom is -0.481 e. The maximum absolute atomic E-state index is 10.6. The van der Waals surface area contributed by atoms with Gasteiger partial charge < -0.3 is 10.2 Å². The van der Waals surface area contributed by atoms with Crippen LogP contribution in [0.25, 0.3) is 0 Å². The molecule has 0 aromatic heterocycles. The van der Waals surface area contributed by atoms with Gasteiger partial charge in [0.05, 0.1) is 12.0 Å². The SMILES string of the molecule is CC(C)C[C@H](C#N)C(C(=O)O)C(=O)O. The van der Waals surface area contributed by atoms with Gasteiger partial charge in [-0.1, -0.05) is 13.8 Å². The van der Waals surface area contributed by atoms with Gasteiger partial charge >= 0.3 is 11.9 Å². The van der Waals surface area contributed by atoms with Gasteiger partial charge in [-0.15, -0.1) is 0 Å². The first kappa shape index (κ1) is 12.4. The maximum Gasteiger partial charge on any atom is 0.319 e. The summed E-state index contributed by atoms with van der Waals surface area (Å²) in [5.74, 6) is -5.40. The third-order valence-electron chi connectivity index (χ3n) is 1.83. The molecule has 0 aromatic rings. The average molecular weight is 199 g/mol. The number of carbonyl (C=O) groups is 2. The van der Waals surface area contributed by atoms with E-state index in [0.29, 0.717) is 0 Å². The van der Waals surface area contributed by atoms with Gasteiger partial charge in [0, 0.05) is 0 Å². The van der Waals surface area contributed by atoms with Crippen LogP contribution in [0.4, 0.5) is 0 Å². The van der Waals surface area contributed by atoms with E-state index in [9.17, 15) is 9.59 Å². The van der Waals surface area contributed by atoms with Crippen LogP contribution in [-0.4, -0.2) is 22.2 Å². The summed E-state index contributed by atoms with van der Waals surface area (Å²) in [6.45, 7) is 3.62. The summed E-state index contributed by atoms with van der Waals surface area (Å²) >= 11 is 0. The Hall–Kier alpha value is -1.57. The Balaban J connectivity index is 4.70. The van der Waals surface area contributed by atoms with Crippen molar-refractivity contribution in [3.63, 3.8) is 0 Å². The Bertz CT molecular complexity index is 252. The molecule has 0 fully saturated rings. The van der Waals surface area contributed by atoms with Crippen LogP contribution in [0.5, 0.6) is 0 Å². The molecule has 5 heteroatoms. The van der Waals surface area contributed by atoms with E-state index in [1.54, 1.807) is 6.07 Å². The Morgan fingerprint density at radius 2 is 1.71 bits per heavy atom. The fourth-order valence-electron chi connectivity index (χ4n) is 1.22. The summed E-state index contributed by atoms with van der Waals surface area (Å²) in [6.07, 6.45) is 0.278. The highest BCUT2D eigenvalue weighted by molar-refractivity contribution is 5.93. The van der Waals surface area contributed by atoms with E-state index in [2.05, 4.69) is 0 Å². The monoisotopic (exact) mass is 199 g/mol. The normalized spacial score (nSPS) is 12.5. The standard InChI is InChI=1S/C9H13NO4/c1-5(2)3-6(4-10)7(8(11)12)9(13)14/h5-7H,3H2,1-2H3,(H,11,12)(H,13,14)/t6-/m1/s1. The van der Waals surface area contributed by atoms with Gasteiger partial charge in [-0.05, 0) is 12.3 Å². The summed E-state index contributed by atoms with van der Waals surface area (Å²) in [5.41, 5.74) is 0. The highest BCUT2D eigenvalue weighted by atomic mass is 16.4. The van der Waals surface area contributed by atoms with Crippen LogP contribution in [0.1, 0.15) is 20.3 Å². The first-order valence-corrected chi connectivity index (χ1v) is 4.25. The number of rotatable bonds is 5. The van der Waals surface area contributed by atoms with Crippen molar-refractivity contribution in [1.29, 1.82) is 5.26 Å². The molecule has 0 amide bonds. The van der Waals surface area contributed by atoms with Crippen molar-refractivity contribution in [2.45, 2.75) is 20.3 Å². The van der Waals surface area contributed by atoms with Crippen molar-refractivity contribution < 1.29 is 19.8 Å². The number of hydrogen-bond acceptors (Lipinski definition) is 3. The lowest BCUT2D eigenvalue weighted by atomic mass is 9.86. The molecule has 0 heterocycles. The van der Waals surface area contributed by atoms with Crippen molar-refractivity contribution in [2.24, 2.45) is 17.8 Å². The molecule has 1 atom stereocenters. The van der Waals surface area contributed by atoms with Crippen LogP contribution in [0.3, 0.4) is 0 Å². The van der Waals surface area contributed by atoms with E-state index in [1.165, 1.54) is 0 Å². The highest BCUT2D eigenvalue weighted by Gasteiger charge is 2.35. The molecule has 0 bridgehead atoms. The second kappa shape index (κ2) is 5.22. The fraction of sp³-hybridized carbons (Fsp3) is 0.667. The fourth-order valence-corrected chi connectivity index (χ4v) is 1.22. The second-order valence-electron chi connectivity index (χ2n) is 3.52. The predicted octanol–water partition coefficient (Wildman–Crippen LogP) is 0.958. The summed E-state index contributed by atoms with van der Waals surface area (Å²) in [6, 6.07) is 1.73. The summed E-state index contributed by atoms with van der Waals surface area (Å²) in [7, 11) is 0. The van der Waals surface area contributed by atoms with Crippen molar-refractivity contribution in [1.82, 2.24) is 0 Å². The Morgan fingerprint density at radius 3 is 1.93 bits per heavy atom. The van der Waals surface area contributed by atoms with Gasteiger partial charge in [-0.25, -0.2) is 0 Å². The van der Waals surface area contributed by atoms with E-state index >= 15 is 0 Å². The molecular formula is C9H13NO4. The first-order valence-electron chi connectivity index (χ1n) is 4.25. The molecule has 0 saturated carbocycles. The lowest BCUT2D eigenvalue weighted by Gasteiger charge is -2.15. The first-order chi connectivity index (χ1) is 6.40. The van der Waals surface area contributed by atoms with Gasteiger partial charge in [0.25, 0.3) is 0 Å². The highest BCUT2D eigenvalue weighted by Crippen LogP contribution is 2.20. The molecule has 0 radical (unpaired) electrons. The van der Waals surface area contributed by atoms with E-state index in [1.807, 2.05) is 13.8 Å². The van der Waals surface area contributed by atoms with Crippen LogP contribution in [0.15, 0.2) is 0 Å². The van der Waals surface area contributed by atoms with Crippen LogP contribution < -0.4 is 0 Å². The third kappa shape index (κ3) is 3.44. The Labute approximate surface area is 82.0 Å². The van der Waals surface area contributed by atoms with Crippen LogP contribution in [0.2, 0.25) is 0 Å². The van der Waals surface area contributed by atoms with Gasteiger partial charge in [0.2, 0.25) is 0 Å². The smallest absolute Gasteiger partial charge is 0.319 e. The van der Waals surface area contributed by atoms with Crippen molar-refractivity contribution in [2.75, 3.05) is 0 Å². The van der Waals surface area contributed by atoms with E-state index < -0.39 is 23.8 Å². The van der Waals surface area contributed by atoms with E-state index in [-0.39, 0.29) is 12.3 Å². The Kier molecular flexibility index (Phi) is 4.64. The zero-order valence-electron chi connectivity index (χ0n) is 8.10. The lowest BCUT2D eigenvalue weighted by Crippen LogP contribution is -2.31. The summed E-state index contributed by atoms with van der Waals surface area (Å²) < 4.78 is 0. The molecule has 0 unspecified atom stereocenters. The minimum atomic E-state index is -1.62. The molecule has 0 saturated heterocycles. The quantitative estimate of drug-likeness (QED) is 0.642. The number of carboxylic acids is 2. The van der Waals surface area contributed by atoms with Crippen molar-refractivity contribution in [3.8, 4) is 6.07 Å². The van der Waals surface area contributed by atoms with Crippen LogP contribution >= 0.6 is 0 Å². The topological polar surface area (TPSA) is 98.4 Å². The van der Waals surface area contributed by atoms with E-state index in [4.69, 9.17) is 15.5 Å². The zero-order chi connectivity index (χ0) is 11.3. The number of aliphatic carboxylic acids is 2. The van der Waals surface area contributed by atoms with Crippen LogP contribution in [-0.2, 0) is 9.59 Å². The van der Waals surface area contributed by atoms with Crippen LogP contribution in [0, 0.1) is 29.1 Å². The Morgan fingerprint density at radius 1 is 1.29 bits per heavy atom. The summed E-state index contributed by atoms with van der Waals surface area (Å²) in [5, 5.41) is 25.9. The molecule has 0 rings (SSSR count). The number of hydrogen-bond donors (Lipinski definition) is 2. The van der Waals surface area contributed by atoms with Gasteiger partial charge in [-0.2, -0.15) is 5.26 Å². The predicted molar refractivity (Wildman–Crippen MR) is 47.3 cm³/mol. The van der Waals surface area contributed by atoms with E-state index in [0.717, 1.165) is 0 Å². The molecular weight excluding hydrogens is 186 g/mol. The molecule has 0 aliphatic rings. The molecule has 5 nitrogen and oxygen atoms in total. The molecule has 14 heavy (non-hydrogen) atoms. The number of carboxylic acid groups (broad SMARTS) is 2. The van der Waals surface area contributed by atoms with Crippen molar-refractivity contribution in [3.05, 3.63) is 0 Å². The molecule has 0 spiro atoms. The molecule has 0 aromatic carbocycles. The lowest BCUT2D eigenvalue weighted by molar-refractivity contribution is -0.156. The summed E-state index contributed by atoms with van der Waals surface area (Å²) in [4.78, 5) is 21.2. The maximum atomic E-state index is 10.6. The number of nitriles is 1. The molecule has 2 N–H and O–H groups in total. The van der Waals surface area contributed by atoms with Gasteiger partial charge in [0.1, 0.15) is 0 Å². The number of nitrogens with zero attached hydrogens (tertiary/aromatic N) is 1. The van der Waals surface area contributed by atoms with Gasteiger partial charge in [-0.3, -0.25) is 9.59 Å². The second-order valence-corrected chi connectivity index (χ2v) is 3.52. The molecule has 0 aliphatic heterocycles. The minimum absolute atomic E-state index is 0.0980. The average Bonchev–Trinajstić information content (AvgIpc) is 2.00. The van der Waals surface area contributed by atoms with Gasteiger partial charge in [0.15, 0.2) is 5.92 Å².